The second kappa shape index (κ2) is 3.77. The summed E-state index contributed by atoms with van der Waals surface area (Å²) in [6.45, 7) is 4.78. The SMILES string of the molecule is C#CCn1ncc(Br)c1C(C)C. The van der Waals surface area contributed by atoms with Crippen molar-refractivity contribution in [2.75, 3.05) is 0 Å². The molecule has 1 aromatic rings. The second-order valence-electron chi connectivity index (χ2n) is 2.89. The maximum atomic E-state index is 5.21. The molecule has 0 N–H and O–H groups in total. The average molecular weight is 227 g/mol. The maximum Gasteiger partial charge on any atom is 0.102 e. The predicted octanol–water partition coefficient (Wildman–Crippen LogP) is 2.40. The first-order chi connectivity index (χ1) is 5.66. The van der Waals surface area contributed by atoms with Crippen LogP contribution < -0.4 is 0 Å². The molecule has 1 heterocycles. The van der Waals surface area contributed by atoms with Crippen molar-refractivity contribution >= 4 is 15.9 Å². The number of aromatic nitrogens is 2. The van der Waals surface area contributed by atoms with Gasteiger partial charge >= 0.3 is 0 Å². The molecule has 0 radical (unpaired) electrons. The summed E-state index contributed by atoms with van der Waals surface area (Å²) in [6.07, 6.45) is 7.00. The molecule has 1 aromatic heterocycles. The summed E-state index contributed by atoms with van der Waals surface area (Å²) in [7, 11) is 0. The van der Waals surface area contributed by atoms with E-state index in [9.17, 15) is 0 Å². The van der Waals surface area contributed by atoms with Crippen molar-refractivity contribution in [3.05, 3.63) is 16.4 Å². The van der Waals surface area contributed by atoms with Crippen molar-refractivity contribution in [1.29, 1.82) is 0 Å². The van der Waals surface area contributed by atoms with Gasteiger partial charge in [-0.2, -0.15) is 5.10 Å². The zero-order valence-corrected chi connectivity index (χ0v) is 8.80. The van der Waals surface area contributed by atoms with E-state index in [4.69, 9.17) is 6.42 Å². The molecule has 0 atom stereocenters. The summed E-state index contributed by atoms with van der Waals surface area (Å²) in [5.41, 5.74) is 1.16. The van der Waals surface area contributed by atoms with Crippen LogP contribution in [0.2, 0.25) is 0 Å². The Hall–Kier alpha value is -0.750. The van der Waals surface area contributed by atoms with Crippen molar-refractivity contribution in [3.63, 3.8) is 0 Å². The molecule has 1 rings (SSSR count). The largest absolute Gasteiger partial charge is 0.256 e. The standard InChI is InChI=1S/C9H11BrN2/c1-4-5-12-9(7(2)3)8(10)6-11-12/h1,6-7H,5H2,2-3H3. The summed E-state index contributed by atoms with van der Waals surface area (Å²) in [6, 6.07) is 0. The molecule has 0 spiro atoms. The van der Waals surface area contributed by atoms with E-state index in [0.29, 0.717) is 12.5 Å². The topological polar surface area (TPSA) is 17.8 Å². The maximum absolute atomic E-state index is 5.21. The van der Waals surface area contributed by atoms with Gasteiger partial charge in [0.25, 0.3) is 0 Å². The predicted molar refractivity (Wildman–Crippen MR) is 52.8 cm³/mol. The highest BCUT2D eigenvalue weighted by atomic mass is 79.9. The first-order valence-corrected chi connectivity index (χ1v) is 4.60. The van der Waals surface area contributed by atoms with E-state index in [2.05, 4.69) is 40.8 Å². The molecule has 0 aliphatic heterocycles. The van der Waals surface area contributed by atoms with Crippen LogP contribution in [0.1, 0.15) is 25.5 Å². The normalized spacial score (nSPS) is 10.2. The molecule has 0 saturated heterocycles. The Morgan fingerprint density at radius 3 is 2.92 bits per heavy atom. The lowest BCUT2D eigenvalue weighted by Crippen LogP contribution is -2.05. The van der Waals surface area contributed by atoms with Crippen LogP contribution >= 0.6 is 15.9 Å². The summed E-state index contributed by atoms with van der Waals surface area (Å²) < 4.78 is 2.88. The third-order valence-corrected chi connectivity index (χ3v) is 2.23. The van der Waals surface area contributed by atoms with Gasteiger partial charge in [-0.3, -0.25) is 4.68 Å². The molecule has 0 aliphatic rings. The van der Waals surface area contributed by atoms with E-state index in [1.165, 1.54) is 0 Å². The quantitative estimate of drug-likeness (QED) is 0.709. The Labute approximate surface area is 81.1 Å². The Balaban J connectivity index is 3.05. The highest BCUT2D eigenvalue weighted by molar-refractivity contribution is 9.10. The molecule has 0 unspecified atom stereocenters. The van der Waals surface area contributed by atoms with Crippen LogP contribution in [0.4, 0.5) is 0 Å². The number of halogens is 1. The van der Waals surface area contributed by atoms with Gasteiger partial charge in [-0.15, -0.1) is 6.42 Å². The summed E-state index contributed by atoms with van der Waals surface area (Å²) in [4.78, 5) is 0. The van der Waals surface area contributed by atoms with Crippen LogP contribution in [0.25, 0.3) is 0 Å². The highest BCUT2D eigenvalue weighted by Crippen LogP contribution is 2.23. The van der Waals surface area contributed by atoms with E-state index in [0.717, 1.165) is 10.2 Å². The van der Waals surface area contributed by atoms with E-state index >= 15 is 0 Å². The van der Waals surface area contributed by atoms with E-state index in [1.54, 1.807) is 6.20 Å². The first-order valence-electron chi connectivity index (χ1n) is 3.81. The van der Waals surface area contributed by atoms with E-state index in [1.807, 2.05) is 4.68 Å². The fourth-order valence-corrected chi connectivity index (χ4v) is 1.91. The fourth-order valence-electron chi connectivity index (χ4n) is 1.16. The molecule has 0 bridgehead atoms. The number of terminal acetylenes is 1. The van der Waals surface area contributed by atoms with E-state index in [-0.39, 0.29) is 0 Å². The van der Waals surface area contributed by atoms with Crippen molar-refractivity contribution < 1.29 is 0 Å². The third kappa shape index (κ3) is 1.70. The summed E-state index contributed by atoms with van der Waals surface area (Å²) in [5, 5.41) is 4.15. The minimum Gasteiger partial charge on any atom is -0.256 e. The summed E-state index contributed by atoms with van der Waals surface area (Å²) in [5.74, 6) is 3.01. The molecule has 0 aliphatic carbocycles. The number of hydrogen-bond acceptors (Lipinski definition) is 1. The Bertz CT molecular complexity index is 307. The van der Waals surface area contributed by atoms with Crippen LogP contribution in [0.5, 0.6) is 0 Å². The second-order valence-corrected chi connectivity index (χ2v) is 3.75. The van der Waals surface area contributed by atoms with Crippen molar-refractivity contribution in [2.24, 2.45) is 0 Å². The molecule has 3 heteroatoms. The van der Waals surface area contributed by atoms with Gasteiger partial charge in [0.05, 0.1) is 16.4 Å². The molecule has 0 fully saturated rings. The molecule has 0 amide bonds. The van der Waals surface area contributed by atoms with Gasteiger partial charge in [0.2, 0.25) is 0 Å². The minimum absolute atomic E-state index is 0.440. The molecular formula is C9H11BrN2. The fraction of sp³-hybridized carbons (Fsp3) is 0.444. The molecule has 64 valence electrons. The smallest absolute Gasteiger partial charge is 0.102 e. The van der Waals surface area contributed by atoms with Crippen molar-refractivity contribution in [1.82, 2.24) is 9.78 Å². The monoisotopic (exact) mass is 226 g/mol. The lowest BCUT2D eigenvalue weighted by atomic mass is 10.1. The van der Waals surface area contributed by atoms with Crippen LogP contribution in [0.3, 0.4) is 0 Å². The molecule has 2 nitrogen and oxygen atoms in total. The number of hydrogen-bond donors (Lipinski definition) is 0. The van der Waals surface area contributed by atoms with Crippen molar-refractivity contribution in [2.45, 2.75) is 26.3 Å². The van der Waals surface area contributed by atoms with E-state index < -0.39 is 0 Å². The average Bonchev–Trinajstić information content (AvgIpc) is 2.32. The van der Waals surface area contributed by atoms with Crippen LogP contribution in [-0.2, 0) is 6.54 Å². The highest BCUT2D eigenvalue weighted by Gasteiger charge is 2.10. The van der Waals surface area contributed by atoms with Crippen LogP contribution in [-0.4, -0.2) is 9.78 Å². The Kier molecular flexibility index (Phi) is 2.93. The minimum atomic E-state index is 0.440. The number of rotatable bonds is 2. The Morgan fingerprint density at radius 2 is 2.42 bits per heavy atom. The lowest BCUT2D eigenvalue weighted by molar-refractivity contribution is 0.634. The van der Waals surface area contributed by atoms with Crippen LogP contribution in [0.15, 0.2) is 10.7 Å². The molecular weight excluding hydrogens is 216 g/mol. The van der Waals surface area contributed by atoms with Crippen molar-refractivity contribution in [3.8, 4) is 12.3 Å². The van der Waals surface area contributed by atoms with Gasteiger partial charge in [0, 0.05) is 0 Å². The number of nitrogens with zero attached hydrogens (tertiary/aromatic N) is 2. The van der Waals surface area contributed by atoms with Gasteiger partial charge in [0.15, 0.2) is 0 Å². The van der Waals surface area contributed by atoms with Gasteiger partial charge in [-0.05, 0) is 21.8 Å². The third-order valence-electron chi connectivity index (χ3n) is 1.62. The molecule has 12 heavy (non-hydrogen) atoms. The lowest BCUT2D eigenvalue weighted by Gasteiger charge is -2.07. The van der Waals surface area contributed by atoms with Gasteiger partial charge < -0.3 is 0 Å². The first kappa shape index (κ1) is 9.34. The zero-order valence-electron chi connectivity index (χ0n) is 7.21. The zero-order chi connectivity index (χ0) is 9.14. The Morgan fingerprint density at radius 1 is 1.75 bits per heavy atom. The van der Waals surface area contributed by atoms with Crippen LogP contribution in [0, 0.1) is 12.3 Å². The molecule has 0 aromatic carbocycles. The van der Waals surface area contributed by atoms with Gasteiger partial charge in [-0.25, -0.2) is 0 Å². The van der Waals surface area contributed by atoms with Gasteiger partial charge in [0.1, 0.15) is 6.54 Å². The molecule has 0 saturated carbocycles. The van der Waals surface area contributed by atoms with Gasteiger partial charge in [-0.1, -0.05) is 19.8 Å². The summed E-state index contributed by atoms with van der Waals surface area (Å²) >= 11 is 3.44.